The van der Waals surface area contributed by atoms with Crippen LogP contribution in [0.2, 0.25) is 0 Å². The minimum absolute atomic E-state index is 0.0638. The zero-order chi connectivity index (χ0) is 24.3. The largest absolute Gasteiger partial charge is 0.493 e. The van der Waals surface area contributed by atoms with Crippen molar-refractivity contribution in [2.45, 2.75) is 25.0 Å². The number of hydrazine groups is 1. The van der Waals surface area contributed by atoms with Crippen LogP contribution in [-0.4, -0.2) is 53.2 Å². The molecular formula is C23H27N5O5S. The van der Waals surface area contributed by atoms with Gasteiger partial charge in [0.25, 0.3) is 5.91 Å². The van der Waals surface area contributed by atoms with Crippen molar-refractivity contribution in [1.82, 2.24) is 25.6 Å². The second-order valence-electron chi connectivity index (χ2n) is 7.00. The van der Waals surface area contributed by atoms with E-state index in [9.17, 15) is 9.59 Å². The van der Waals surface area contributed by atoms with E-state index in [0.29, 0.717) is 35.4 Å². The Morgan fingerprint density at radius 3 is 2.41 bits per heavy atom. The highest BCUT2D eigenvalue weighted by atomic mass is 32.2. The first-order chi connectivity index (χ1) is 16.5. The lowest BCUT2D eigenvalue weighted by atomic mass is 10.1. The maximum atomic E-state index is 12.2. The molecule has 2 amide bonds. The SMILES string of the molecule is CCn1c(Cc2ccc(OC)c(OC)c2)nnc1SCC(=O)NNC(=O)COc1ccccc1. The number of hydrogen-bond acceptors (Lipinski definition) is 8. The molecule has 0 spiro atoms. The Labute approximate surface area is 202 Å². The topological polar surface area (TPSA) is 117 Å². The number of aromatic nitrogens is 3. The molecule has 2 N–H and O–H groups in total. The van der Waals surface area contributed by atoms with Gasteiger partial charge in [-0.2, -0.15) is 0 Å². The lowest BCUT2D eigenvalue weighted by molar-refractivity contribution is -0.128. The van der Waals surface area contributed by atoms with Gasteiger partial charge < -0.3 is 18.8 Å². The van der Waals surface area contributed by atoms with Crippen molar-refractivity contribution in [3.8, 4) is 17.2 Å². The second kappa shape index (κ2) is 12.5. The van der Waals surface area contributed by atoms with Crippen LogP contribution in [0.1, 0.15) is 18.3 Å². The molecule has 0 unspecified atom stereocenters. The molecule has 34 heavy (non-hydrogen) atoms. The van der Waals surface area contributed by atoms with Crippen LogP contribution in [0.4, 0.5) is 0 Å². The summed E-state index contributed by atoms with van der Waals surface area (Å²) in [5.41, 5.74) is 5.70. The van der Waals surface area contributed by atoms with E-state index in [1.807, 2.05) is 35.8 Å². The van der Waals surface area contributed by atoms with E-state index in [4.69, 9.17) is 14.2 Å². The van der Waals surface area contributed by atoms with Gasteiger partial charge in [0.15, 0.2) is 23.3 Å². The second-order valence-corrected chi connectivity index (χ2v) is 7.94. The van der Waals surface area contributed by atoms with Gasteiger partial charge in [0.1, 0.15) is 11.6 Å². The molecule has 0 aliphatic heterocycles. The summed E-state index contributed by atoms with van der Waals surface area (Å²) >= 11 is 1.24. The van der Waals surface area contributed by atoms with Gasteiger partial charge in [-0.3, -0.25) is 20.4 Å². The van der Waals surface area contributed by atoms with Crippen LogP contribution in [0.25, 0.3) is 0 Å². The Morgan fingerprint density at radius 2 is 1.71 bits per heavy atom. The highest BCUT2D eigenvalue weighted by Gasteiger charge is 2.15. The number of ether oxygens (including phenoxy) is 3. The maximum absolute atomic E-state index is 12.2. The van der Waals surface area contributed by atoms with Crippen molar-refractivity contribution >= 4 is 23.6 Å². The monoisotopic (exact) mass is 485 g/mol. The predicted octanol–water partition coefficient (Wildman–Crippen LogP) is 2.22. The lowest BCUT2D eigenvalue weighted by Crippen LogP contribution is -2.44. The normalized spacial score (nSPS) is 10.4. The number of amides is 2. The zero-order valence-electron chi connectivity index (χ0n) is 19.2. The van der Waals surface area contributed by atoms with Crippen molar-refractivity contribution in [2.24, 2.45) is 0 Å². The number of rotatable bonds is 11. The number of methoxy groups -OCH3 is 2. The summed E-state index contributed by atoms with van der Waals surface area (Å²) < 4.78 is 17.9. The molecule has 0 atom stereocenters. The summed E-state index contributed by atoms with van der Waals surface area (Å²) in [6.45, 7) is 2.42. The molecule has 0 bridgehead atoms. The Kier molecular flexibility index (Phi) is 9.15. The lowest BCUT2D eigenvalue weighted by Gasteiger charge is -2.11. The smallest absolute Gasteiger partial charge is 0.276 e. The van der Waals surface area contributed by atoms with Crippen LogP contribution < -0.4 is 25.1 Å². The Hall–Kier alpha value is -3.73. The molecule has 2 aromatic carbocycles. The number of benzene rings is 2. The molecule has 11 heteroatoms. The fourth-order valence-electron chi connectivity index (χ4n) is 3.05. The van der Waals surface area contributed by atoms with Gasteiger partial charge in [-0.15, -0.1) is 10.2 Å². The Morgan fingerprint density at radius 1 is 0.971 bits per heavy atom. The van der Waals surface area contributed by atoms with Crippen molar-refractivity contribution in [1.29, 1.82) is 0 Å². The summed E-state index contributed by atoms with van der Waals surface area (Å²) in [4.78, 5) is 24.0. The first-order valence-corrected chi connectivity index (χ1v) is 11.5. The Bertz CT molecular complexity index is 1110. The number of para-hydroxylation sites is 1. The van der Waals surface area contributed by atoms with Gasteiger partial charge in [0, 0.05) is 13.0 Å². The quantitative estimate of drug-likeness (QED) is 0.314. The average Bonchev–Trinajstić information content (AvgIpc) is 3.26. The van der Waals surface area contributed by atoms with Gasteiger partial charge in [-0.1, -0.05) is 36.0 Å². The van der Waals surface area contributed by atoms with Crippen LogP contribution in [-0.2, 0) is 22.6 Å². The first kappa shape index (κ1) is 24.9. The molecule has 0 saturated carbocycles. The summed E-state index contributed by atoms with van der Waals surface area (Å²) in [6.07, 6.45) is 0.547. The predicted molar refractivity (Wildman–Crippen MR) is 127 cm³/mol. The number of thioether (sulfide) groups is 1. The van der Waals surface area contributed by atoms with E-state index < -0.39 is 5.91 Å². The van der Waals surface area contributed by atoms with Crippen LogP contribution in [0.3, 0.4) is 0 Å². The highest BCUT2D eigenvalue weighted by Crippen LogP contribution is 2.28. The van der Waals surface area contributed by atoms with Gasteiger partial charge in [0.2, 0.25) is 5.91 Å². The molecule has 3 aromatic rings. The molecule has 0 fully saturated rings. The van der Waals surface area contributed by atoms with E-state index in [1.165, 1.54) is 11.8 Å². The third-order valence-corrected chi connectivity index (χ3v) is 5.67. The average molecular weight is 486 g/mol. The minimum Gasteiger partial charge on any atom is -0.493 e. The van der Waals surface area contributed by atoms with Crippen molar-refractivity contribution in [3.63, 3.8) is 0 Å². The fraction of sp³-hybridized carbons (Fsp3) is 0.304. The number of nitrogens with one attached hydrogen (secondary N) is 2. The van der Waals surface area contributed by atoms with Gasteiger partial charge >= 0.3 is 0 Å². The summed E-state index contributed by atoms with van der Waals surface area (Å²) in [5, 5.41) is 9.13. The molecule has 1 heterocycles. The standard InChI is InChI=1S/C23H27N5O5S/c1-4-28-20(13-16-10-11-18(31-2)19(12-16)32-3)24-27-23(28)34-15-22(30)26-25-21(29)14-33-17-8-6-5-7-9-17/h5-12H,4,13-15H2,1-3H3,(H,25,29)(H,26,30). The van der Waals surface area contributed by atoms with Gasteiger partial charge in [-0.05, 0) is 36.8 Å². The van der Waals surface area contributed by atoms with Crippen LogP contribution in [0, 0.1) is 0 Å². The van der Waals surface area contributed by atoms with E-state index in [2.05, 4.69) is 21.0 Å². The first-order valence-electron chi connectivity index (χ1n) is 10.5. The number of carbonyl (C=O) groups excluding carboxylic acids is 2. The third kappa shape index (κ3) is 6.88. The summed E-state index contributed by atoms with van der Waals surface area (Å²) in [6, 6.07) is 14.6. The van der Waals surface area contributed by atoms with E-state index in [-0.39, 0.29) is 18.3 Å². The molecule has 1 aromatic heterocycles. The molecule has 0 aliphatic rings. The van der Waals surface area contributed by atoms with Crippen molar-refractivity contribution < 1.29 is 23.8 Å². The Balaban J connectivity index is 1.49. The van der Waals surface area contributed by atoms with Crippen molar-refractivity contribution in [2.75, 3.05) is 26.6 Å². The molecule has 3 rings (SSSR count). The fourth-order valence-corrected chi connectivity index (χ4v) is 3.88. The van der Waals surface area contributed by atoms with Crippen molar-refractivity contribution in [3.05, 3.63) is 59.9 Å². The molecular weight excluding hydrogens is 458 g/mol. The zero-order valence-corrected chi connectivity index (χ0v) is 20.1. The molecule has 0 saturated heterocycles. The third-order valence-electron chi connectivity index (χ3n) is 4.71. The number of hydrogen-bond donors (Lipinski definition) is 2. The van der Waals surface area contributed by atoms with Crippen LogP contribution >= 0.6 is 11.8 Å². The van der Waals surface area contributed by atoms with Gasteiger partial charge in [0.05, 0.1) is 20.0 Å². The minimum atomic E-state index is -0.462. The molecule has 180 valence electrons. The maximum Gasteiger partial charge on any atom is 0.276 e. The summed E-state index contributed by atoms with van der Waals surface area (Å²) in [7, 11) is 3.18. The van der Waals surface area contributed by atoms with Gasteiger partial charge in [-0.25, -0.2) is 0 Å². The molecule has 10 nitrogen and oxygen atoms in total. The summed E-state index contributed by atoms with van der Waals surface area (Å²) in [5.74, 6) is 1.87. The van der Waals surface area contributed by atoms with E-state index in [1.54, 1.807) is 38.5 Å². The highest BCUT2D eigenvalue weighted by molar-refractivity contribution is 7.99. The van der Waals surface area contributed by atoms with E-state index in [0.717, 1.165) is 11.4 Å². The number of carbonyl (C=O) groups is 2. The van der Waals surface area contributed by atoms with Crippen LogP contribution in [0.5, 0.6) is 17.2 Å². The van der Waals surface area contributed by atoms with Crippen LogP contribution in [0.15, 0.2) is 53.7 Å². The molecule has 0 aliphatic carbocycles. The molecule has 0 radical (unpaired) electrons. The number of nitrogens with zero attached hydrogens (tertiary/aromatic N) is 3. The van der Waals surface area contributed by atoms with E-state index >= 15 is 0 Å².